The van der Waals surface area contributed by atoms with Crippen molar-refractivity contribution < 1.29 is 13.9 Å². The van der Waals surface area contributed by atoms with E-state index in [1.807, 2.05) is 37.1 Å². The van der Waals surface area contributed by atoms with Crippen molar-refractivity contribution in [3.63, 3.8) is 0 Å². The Morgan fingerprint density at radius 3 is 2.64 bits per heavy atom. The minimum atomic E-state index is -0.393. The van der Waals surface area contributed by atoms with Gasteiger partial charge in [0, 0.05) is 18.1 Å². The summed E-state index contributed by atoms with van der Waals surface area (Å²) in [4.78, 5) is 14.1. The number of carbonyl (C=O) groups is 1. The van der Waals surface area contributed by atoms with Crippen LogP contribution in [0.25, 0.3) is 0 Å². The Labute approximate surface area is 152 Å². The molecule has 0 saturated heterocycles. The Balaban J connectivity index is 1.77. The number of rotatable bonds is 8. The highest BCUT2D eigenvalue weighted by atomic mass is 35.5. The third-order valence-corrected chi connectivity index (χ3v) is 4.36. The molecule has 1 N–H and O–H groups in total. The number of halogens is 2. The molecule has 2 aromatic rings. The average Bonchev–Trinajstić information content (AvgIpc) is 2.61. The van der Waals surface area contributed by atoms with Crippen LogP contribution >= 0.6 is 11.6 Å². The van der Waals surface area contributed by atoms with E-state index >= 15 is 0 Å². The van der Waals surface area contributed by atoms with Gasteiger partial charge in [-0.3, -0.25) is 9.69 Å². The van der Waals surface area contributed by atoms with Crippen molar-refractivity contribution >= 4 is 17.5 Å². The van der Waals surface area contributed by atoms with Gasteiger partial charge in [0.2, 0.25) is 5.91 Å². The van der Waals surface area contributed by atoms with Crippen molar-refractivity contribution in [2.45, 2.75) is 19.5 Å². The molecule has 2 aromatic carbocycles. The third-order valence-electron chi connectivity index (χ3n) is 3.99. The summed E-state index contributed by atoms with van der Waals surface area (Å²) in [5, 5.41) is 3.50. The van der Waals surface area contributed by atoms with Crippen molar-refractivity contribution in [2.75, 3.05) is 20.2 Å². The molecule has 0 heterocycles. The lowest BCUT2D eigenvalue weighted by molar-refractivity contribution is -0.125. The zero-order chi connectivity index (χ0) is 18.2. The Kier molecular flexibility index (Phi) is 7.22. The van der Waals surface area contributed by atoms with Gasteiger partial charge in [0.15, 0.2) is 11.6 Å². The van der Waals surface area contributed by atoms with Crippen LogP contribution in [-0.2, 0) is 11.3 Å². The third kappa shape index (κ3) is 5.73. The second kappa shape index (κ2) is 9.39. The second-order valence-corrected chi connectivity index (χ2v) is 6.15. The van der Waals surface area contributed by atoms with Gasteiger partial charge in [-0.05, 0) is 37.7 Å². The van der Waals surface area contributed by atoms with E-state index in [-0.39, 0.29) is 17.7 Å². The van der Waals surface area contributed by atoms with Gasteiger partial charge < -0.3 is 10.1 Å². The first-order valence-electron chi connectivity index (χ1n) is 8.07. The first-order chi connectivity index (χ1) is 12.0. The fourth-order valence-corrected chi connectivity index (χ4v) is 2.43. The molecule has 0 unspecified atom stereocenters. The van der Waals surface area contributed by atoms with Crippen molar-refractivity contribution in [2.24, 2.45) is 0 Å². The molecule has 6 heteroatoms. The molecular formula is C19H22ClFN2O2. The SMILES string of the molecule is C[C@@H](C(=O)NCc1ccccc1Cl)N(C)CCOc1ccccc1F. The number of ether oxygens (including phenoxy) is 1. The molecule has 25 heavy (non-hydrogen) atoms. The first-order valence-corrected chi connectivity index (χ1v) is 8.45. The highest BCUT2D eigenvalue weighted by Gasteiger charge is 2.18. The average molecular weight is 365 g/mol. The molecule has 0 saturated carbocycles. The molecule has 0 bridgehead atoms. The van der Waals surface area contributed by atoms with Crippen molar-refractivity contribution in [3.8, 4) is 5.75 Å². The molecule has 0 aliphatic carbocycles. The predicted octanol–water partition coefficient (Wildman–Crippen LogP) is 3.49. The van der Waals surface area contributed by atoms with Crippen LogP contribution < -0.4 is 10.1 Å². The number of para-hydroxylation sites is 1. The van der Waals surface area contributed by atoms with E-state index in [4.69, 9.17) is 16.3 Å². The van der Waals surface area contributed by atoms with Crippen LogP contribution in [0.3, 0.4) is 0 Å². The van der Waals surface area contributed by atoms with E-state index in [2.05, 4.69) is 5.32 Å². The molecule has 1 atom stereocenters. The lowest BCUT2D eigenvalue weighted by Crippen LogP contribution is -2.44. The van der Waals surface area contributed by atoms with E-state index < -0.39 is 5.82 Å². The van der Waals surface area contributed by atoms with E-state index in [1.165, 1.54) is 6.07 Å². The maximum atomic E-state index is 13.5. The Morgan fingerprint density at radius 1 is 1.24 bits per heavy atom. The zero-order valence-corrected chi connectivity index (χ0v) is 15.1. The normalized spacial score (nSPS) is 12.0. The van der Waals surface area contributed by atoms with Gasteiger partial charge in [0.25, 0.3) is 0 Å². The first kappa shape index (κ1) is 19.2. The lowest BCUT2D eigenvalue weighted by atomic mass is 10.2. The second-order valence-electron chi connectivity index (χ2n) is 5.74. The molecule has 0 radical (unpaired) electrons. The van der Waals surface area contributed by atoms with Crippen LogP contribution in [0.15, 0.2) is 48.5 Å². The summed E-state index contributed by atoms with van der Waals surface area (Å²) in [5.41, 5.74) is 0.871. The summed E-state index contributed by atoms with van der Waals surface area (Å²) in [6, 6.07) is 13.3. The molecular weight excluding hydrogens is 343 g/mol. The summed E-state index contributed by atoms with van der Waals surface area (Å²) < 4.78 is 18.9. The largest absolute Gasteiger partial charge is 0.489 e. The molecule has 0 aliphatic rings. The van der Waals surface area contributed by atoms with Crippen LogP contribution in [0.5, 0.6) is 5.75 Å². The maximum Gasteiger partial charge on any atom is 0.237 e. The van der Waals surface area contributed by atoms with E-state index in [1.54, 1.807) is 24.3 Å². The minimum absolute atomic E-state index is 0.103. The molecule has 2 rings (SSSR count). The maximum absolute atomic E-state index is 13.5. The summed E-state index contributed by atoms with van der Waals surface area (Å²) >= 11 is 6.08. The molecule has 1 amide bonds. The van der Waals surface area contributed by atoms with Gasteiger partial charge in [-0.2, -0.15) is 0 Å². The van der Waals surface area contributed by atoms with Crippen molar-refractivity contribution in [1.82, 2.24) is 10.2 Å². The number of hydrogen-bond donors (Lipinski definition) is 1. The van der Waals surface area contributed by atoms with Gasteiger partial charge in [-0.25, -0.2) is 4.39 Å². The van der Waals surface area contributed by atoms with Gasteiger partial charge in [0.1, 0.15) is 6.61 Å². The lowest BCUT2D eigenvalue weighted by Gasteiger charge is -2.24. The smallest absolute Gasteiger partial charge is 0.237 e. The van der Waals surface area contributed by atoms with Crippen LogP contribution in [-0.4, -0.2) is 37.0 Å². The molecule has 0 fully saturated rings. The predicted molar refractivity (Wildman–Crippen MR) is 97.3 cm³/mol. The number of benzene rings is 2. The quantitative estimate of drug-likeness (QED) is 0.779. The highest BCUT2D eigenvalue weighted by molar-refractivity contribution is 6.31. The number of nitrogens with zero attached hydrogens (tertiary/aromatic N) is 1. The fourth-order valence-electron chi connectivity index (χ4n) is 2.23. The van der Waals surface area contributed by atoms with Crippen molar-refractivity contribution in [1.29, 1.82) is 0 Å². The Hall–Kier alpha value is -2.11. The monoisotopic (exact) mass is 364 g/mol. The standard InChI is InChI=1S/C19H22ClFN2O2/c1-14(19(24)22-13-15-7-3-4-8-16(15)20)23(2)11-12-25-18-10-6-5-9-17(18)21/h3-10,14H,11-13H2,1-2H3,(H,22,24)/t14-/m0/s1. The molecule has 4 nitrogen and oxygen atoms in total. The summed E-state index contributed by atoms with van der Waals surface area (Å²) in [6.07, 6.45) is 0. The van der Waals surface area contributed by atoms with Crippen LogP contribution in [0.1, 0.15) is 12.5 Å². The van der Waals surface area contributed by atoms with Crippen LogP contribution in [0.2, 0.25) is 5.02 Å². The number of amides is 1. The molecule has 0 aromatic heterocycles. The van der Waals surface area contributed by atoms with Gasteiger partial charge >= 0.3 is 0 Å². The van der Waals surface area contributed by atoms with E-state index in [0.717, 1.165) is 5.56 Å². The van der Waals surface area contributed by atoms with Crippen LogP contribution in [0, 0.1) is 5.82 Å². The number of nitrogens with one attached hydrogen (secondary N) is 1. The van der Waals surface area contributed by atoms with Crippen LogP contribution in [0.4, 0.5) is 4.39 Å². The van der Waals surface area contributed by atoms with Gasteiger partial charge in [-0.1, -0.05) is 41.9 Å². The van der Waals surface area contributed by atoms with E-state index in [0.29, 0.717) is 24.7 Å². The van der Waals surface area contributed by atoms with Gasteiger partial charge in [-0.15, -0.1) is 0 Å². The number of likely N-dealkylation sites (N-methyl/N-ethyl adjacent to an activating group) is 1. The fraction of sp³-hybridized carbons (Fsp3) is 0.316. The molecule has 134 valence electrons. The highest BCUT2D eigenvalue weighted by Crippen LogP contribution is 2.16. The summed E-state index contributed by atoms with van der Waals surface area (Å²) in [5.74, 6) is -0.282. The summed E-state index contributed by atoms with van der Waals surface area (Å²) in [6.45, 7) is 2.97. The van der Waals surface area contributed by atoms with E-state index in [9.17, 15) is 9.18 Å². The Morgan fingerprint density at radius 2 is 1.92 bits per heavy atom. The molecule has 0 aliphatic heterocycles. The number of hydrogen-bond acceptors (Lipinski definition) is 3. The molecule has 0 spiro atoms. The van der Waals surface area contributed by atoms with Crippen molar-refractivity contribution in [3.05, 3.63) is 64.9 Å². The minimum Gasteiger partial charge on any atom is -0.489 e. The topological polar surface area (TPSA) is 41.6 Å². The van der Waals surface area contributed by atoms with Gasteiger partial charge in [0.05, 0.1) is 6.04 Å². The summed E-state index contributed by atoms with van der Waals surface area (Å²) in [7, 11) is 1.82. The zero-order valence-electron chi connectivity index (χ0n) is 14.3. The number of carbonyl (C=O) groups excluding carboxylic acids is 1. The Bertz CT molecular complexity index is 711.